The first-order chi connectivity index (χ1) is 6.83. The molecule has 1 aliphatic rings. The van der Waals surface area contributed by atoms with E-state index in [-0.39, 0.29) is 0 Å². The second kappa shape index (κ2) is 6.41. The Labute approximate surface area is 88.8 Å². The van der Waals surface area contributed by atoms with Crippen LogP contribution in [0.1, 0.15) is 45.4 Å². The molecular formula is C12H26N2. The third-order valence-corrected chi connectivity index (χ3v) is 3.69. The van der Waals surface area contributed by atoms with E-state index in [0.717, 1.165) is 6.54 Å². The van der Waals surface area contributed by atoms with Crippen molar-refractivity contribution in [3.05, 3.63) is 0 Å². The summed E-state index contributed by atoms with van der Waals surface area (Å²) in [7, 11) is 2.02. The van der Waals surface area contributed by atoms with Crippen LogP contribution in [0.25, 0.3) is 0 Å². The molecule has 1 rings (SSSR count). The van der Waals surface area contributed by atoms with Gasteiger partial charge in [-0.05, 0) is 57.7 Å². The van der Waals surface area contributed by atoms with Gasteiger partial charge in [-0.3, -0.25) is 0 Å². The molecule has 0 unspecified atom stereocenters. The molecule has 0 radical (unpaired) electrons. The molecule has 2 heteroatoms. The van der Waals surface area contributed by atoms with Gasteiger partial charge in [0.05, 0.1) is 0 Å². The summed E-state index contributed by atoms with van der Waals surface area (Å²) in [6.45, 7) is 5.94. The minimum atomic E-state index is 0.684. The van der Waals surface area contributed by atoms with E-state index in [9.17, 15) is 0 Å². The number of rotatable bonds is 8. The maximum atomic E-state index is 3.61. The Hall–Kier alpha value is -0.0800. The van der Waals surface area contributed by atoms with Crippen LogP contribution >= 0.6 is 0 Å². The molecule has 84 valence electrons. The van der Waals surface area contributed by atoms with Crippen LogP contribution in [0.3, 0.4) is 0 Å². The first kappa shape index (κ1) is 12.0. The molecule has 2 N–H and O–H groups in total. The van der Waals surface area contributed by atoms with Gasteiger partial charge in [0, 0.05) is 6.54 Å². The summed E-state index contributed by atoms with van der Waals surface area (Å²) in [6.07, 6.45) is 8.31. The van der Waals surface area contributed by atoms with Gasteiger partial charge in [-0.25, -0.2) is 0 Å². The summed E-state index contributed by atoms with van der Waals surface area (Å²) >= 11 is 0. The fourth-order valence-electron chi connectivity index (χ4n) is 2.24. The van der Waals surface area contributed by atoms with Gasteiger partial charge < -0.3 is 10.6 Å². The van der Waals surface area contributed by atoms with E-state index in [1.165, 1.54) is 51.6 Å². The van der Waals surface area contributed by atoms with Gasteiger partial charge in [-0.2, -0.15) is 0 Å². The van der Waals surface area contributed by atoms with Gasteiger partial charge in [-0.1, -0.05) is 13.3 Å². The standard InChI is InChI=1S/C12H26N2/c1-3-12(7-6-8-12)11-14-10-5-4-9-13-2/h13-14H,3-11H2,1-2H3. The topological polar surface area (TPSA) is 24.1 Å². The van der Waals surface area contributed by atoms with E-state index in [2.05, 4.69) is 17.6 Å². The molecule has 0 aliphatic heterocycles. The predicted molar refractivity (Wildman–Crippen MR) is 62.6 cm³/mol. The van der Waals surface area contributed by atoms with E-state index < -0.39 is 0 Å². The van der Waals surface area contributed by atoms with Gasteiger partial charge in [0.15, 0.2) is 0 Å². The summed E-state index contributed by atoms with van der Waals surface area (Å²) in [5.74, 6) is 0. The van der Waals surface area contributed by atoms with E-state index in [1.54, 1.807) is 0 Å². The lowest BCUT2D eigenvalue weighted by molar-refractivity contribution is 0.124. The number of nitrogens with one attached hydrogen (secondary N) is 2. The van der Waals surface area contributed by atoms with Crippen LogP contribution in [0.4, 0.5) is 0 Å². The first-order valence-electron chi connectivity index (χ1n) is 6.18. The molecule has 0 aromatic rings. The Kier molecular flexibility index (Phi) is 5.49. The highest BCUT2D eigenvalue weighted by molar-refractivity contribution is 4.88. The molecule has 1 aliphatic carbocycles. The predicted octanol–water partition coefficient (Wildman–Crippen LogP) is 2.16. The summed E-state index contributed by atoms with van der Waals surface area (Å²) in [5, 5.41) is 6.79. The molecule has 14 heavy (non-hydrogen) atoms. The van der Waals surface area contributed by atoms with Gasteiger partial charge in [0.2, 0.25) is 0 Å². The lowest BCUT2D eigenvalue weighted by atomic mass is 9.67. The molecule has 0 heterocycles. The second-order valence-corrected chi connectivity index (χ2v) is 4.69. The molecular weight excluding hydrogens is 172 g/mol. The Morgan fingerprint density at radius 2 is 1.86 bits per heavy atom. The average Bonchev–Trinajstić information content (AvgIpc) is 2.15. The number of hydrogen-bond acceptors (Lipinski definition) is 2. The average molecular weight is 198 g/mol. The molecule has 0 amide bonds. The maximum absolute atomic E-state index is 3.61. The first-order valence-corrected chi connectivity index (χ1v) is 6.18. The normalized spacial score (nSPS) is 19.3. The zero-order valence-corrected chi connectivity index (χ0v) is 9.86. The molecule has 0 aromatic carbocycles. The quantitative estimate of drug-likeness (QED) is 0.584. The van der Waals surface area contributed by atoms with Gasteiger partial charge in [-0.15, -0.1) is 0 Å². The fraction of sp³-hybridized carbons (Fsp3) is 1.00. The molecule has 0 bridgehead atoms. The van der Waals surface area contributed by atoms with Crippen LogP contribution in [-0.2, 0) is 0 Å². The van der Waals surface area contributed by atoms with Crippen molar-refractivity contribution in [1.82, 2.24) is 10.6 Å². The summed E-state index contributed by atoms with van der Waals surface area (Å²) in [6, 6.07) is 0. The van der Waals surface area contributed by atoms with Crippen LogP contribution in [-0.4, -0.2) is 26.7 Å². The van der Waals surface area contributed by atoms with Crippen molar-refractivity contribution in [1.29, 1.82) is 0 Å². The third-order valence-electron chi connectivity index (χ3n) is 3.69. The minimum absolute atomic E-state index is 0.684. The van der Waals surface area contributed by atoms with Crippen molar-refractivity contribution in [2.45, 2.75) is 45.4 Å². The van der Waals surface area contributed by atoms with E-state index in [1.807, 2.05) is 7.05 Å². The Balaban J connectivity index is 1.92. The van der Waals surface area contributed by atoms with Crippen molar-refractivity contribution >= 4 is 0 Å². The Morgan fingerprint density at radius 3 is 2.36 bits per heavy atom. The highest BCUT2D eigenvalue weighted by Crippen LogP contribution is 2.42. The molecule has 0 aromatic heterocycles. The smallest absolute Gasteiger partial charge is 0.000770 e. The van der Waals surface area contributed by atoms with Gasteiger partial charge in [0.25, 0.3) is 0 Å². The monoisotopic (exact) mass is 198 g/mol. The zero-order chi connectivity index (χ0) is 10.3. The van der Waals surface area contributed by atoms with Crippen molar-refractivity contribution in [2.24, 2.45) is 5.41 Å². The van der Waals surface area contributed by atoms with Crippen LogP contribution in [0.2, 0.25) is 0 Å². The Bertz CT molecular complexity index is 136. The number of unbranched alkanes of at least 4 members (excludes halogenated alkanes) is 1. The van der Waals surface area contributed by atoms with Gasteiger partial charge >= 0.3 is 0 Å². The Morgan fingerprint density at radius 1 is 1.14 bits per heavy atom. The van der Waals surface area contributed by atoms with Crippen molar-refractivity contribution < 1.29 is 0 Å². The van der Waals surface area contributed by atoms with Crippen LogP contribution in [0.5, 0.6) is 0 Å². The van der Waals surface area contributed by atoms with Crippen LogP contribution in [0.15, 0.2) is 0 Å². The van der Waals surface area contributed by atoms with Crippen LogP contribution < -0.4 is 10.6 Å². The number of hydrogen-bond donors (Lipinski definition) is 2. The highest BCUT2D eigenvalue weighted by Gasteiger charge is 2.34. The highest BCUT2D eigenvalue weighted by atomic mass is 14.9. The summed E-state index contributed by atoms with van der Waals surface area (Å²) < 4.78 is 0. The molecule has 1 saturated carbocycles. The SMILES string of the molecule is CCC1(CNCCCCNC)CCC1. The van der Waals surface area contributed by atoms with E-state index in [0.29, 0.717) is 5.41 Å². The second-order valence-electron chi connectivity index (χ2n) is 4.69. The fourth-order valence-corrected chi connectivity index (χ4v) is 2.24. The zero-order valence-electron chi connectivity index (χ0n) is 9.86. The van der Waals surface area contributed by atoms with Gasteiger partial charge in [0.1, 0.15) is 0 Å². The maximum Gasteiger partial charge on any atom is 0.000770 e. The molecule has 0 saturated heterocycles. The van der Waals surface area contributed by atoms with Crippen LogP contribution in [0, 0.1) is 5.41 Å². The van der Waals surface area contributed by atoms with Crippen molar-refractivity contribution in [3.8, 4) is 0 Å². The summed E-state index contributed by atoms with van der Waals surface area (Å²) in [5.41, 5.74) is 0.684. The molecule has 0 atom stereocenters. The third kappa shape index (κ3) is 3.58. The lowest BCUT2D eigenvalue weighted by Crippen LogP contribution is -2.39. The summed E-state index contributed by atoms with van der Waals surface area (Å²) in [4.78, 5) is 0. The molecule has 2 nitrogen and oxygen atoms in total. The van der Waals surface area contributed by atoms with E-state index in [4.69, 9.17) is 0 Å². The van der Waals surface area contributed by atoms with Crippen molar-refractivity contribution in [3.63, 3.8) is 0 Å². The minimum Gasteiger partial charge on any atom is -0.320 e. The largest absolute Gasteiger partial charge is 0.320 e. The molecule has 1 fully saturated rings. The lowest BCUT2D eigenvalue weighted by Gasteiger charge is -2.41. The van der Waals surface area contributed by atoms with E-state index >= 15 is 0 Å². The van der Waals surface area contributed by atoms with Crippen molar-refractivity contribution in [2.75, 3.05) is 26.7 Å². The molecule has 0 spiro atoms.